The Labute approximate surface area is 235 Å². The number of pyridine rings is 1. The molecule has 5 aliphatic rings. The van der Waals surface area contributed by atoms with Crippen LogP contribution in [-0.4, -0.2) is 21.8 Å². The normalized spacial score (nSPS) is 44.5. The molecule has 1 aromatic heterocycles. The maximum Gasteiger partial charge on any atom is 0.306 e. The Morgan fingerprint density at radius 2 is 1.62 bits per heavy atom. The van der Waals surface area contributed by atoms with Crippen LogP contribution >= 0.6 is 0 Å². The zero-order valence-electron chi connectivity index (χ0n) is 25.3. The molecule has 39 heavy (non-hydrogen) atoms. The summed E-state index contributed by atoms with van der Waals surface area (Å²) in [5, 5.41) is 10.4. The zero-order chi connectivity index (χ0) is 28.2. The highest BCUT2D eigenvalue weighted by Crippen LogP contribution is 2.76. The van der Waals surface area contributed by atoms with E-state index in [0.29, 0.717) is 30.0 Å². The molecular weight excluding hydrogens is 482 g/mol. The number of hydrogen-bond acceptors (Lipinski definition) is 3. The highest BCUT2D eigenvalue weighted by atomic mass is 16.4. The summed E-state index contributed by atoms with van der Waals surface area (Å²) in [6, 6.07) is 4.38. The molecule has 6 rings (SSSR count). The Morgan fingerprint density at radius 3 is 2.28 bits per heavy atom. The van der Waals surface area contributed by atoms with Gasteiger partial charge in [0.2, 0.25) is 0 Å². The van der Waals surface area contributed by atoms with Crippen LogP contribution in [0.5, 0.6) is 0 Å². The van der Waals surface area contributed by atoms with Gasteiger partial charge >= 0.3 is 5.97 Å². The lowest BCUT2D eigenvalue weighted by molar-refractivity contribution is -0.182. The fraction of sp³-hybridized carbons (Fsp3) is 0.743. The van der Waals surface area contributed by atoms with E-state index in [4.69, 9.17) is 0 Å². The molecule has 1 N–H and O–H groups in total. The van der Waals surface area contributed by atoms with Crippen molar-refractivity contribution in [3.8, 4) is 0 Å². The number of ketones is 1. The largest absolute Gasteiger partial charge is 0.481 e. The number of fused-ring (bicyclic) bond motifs is 7. The molecule has 0 saturated heterocycles. The molecule has 0 bridgehead atoms. The van der Waals surface area contributed by atoms with Gasteiger partial charge in [-0.05, 0) is 120 Å². The second-order valence-corrected chi connectivity index (χ2v) is 16.2. The van der Waals surface area contributed by atoms with Crippen LogP contribution in [-0.2, 0) is 9.59 Å². The van der Waals surface area contributed by atoms with Crippen molar-refractivity contribution < 1.29 is 14.7 Å². The predicted molar refractivity (Wildman–Crippen MR) is 155 cm³/mol. The molecule has 212 valence electrons. The van der Waals surface area contributed by atoms with Crippen LogP contribution in [0, 0.1) is 56.7 Å². The van der Waals surface area contributed by atoms with E-state index in [2.05, 4.69) is 65.6 Å². The van der Waals surface area contributed by atoms with Gasteiger partial charge in [0.05, 0.1) is 5.92 Å². The molecule has 0 radical (unpaired) electrons. The van der Waals surface area contributed by atoms with Crippen molar-refractivity contribution in [2.24, 2.45) is 56.7 Å². The van der Waals surface area contributed by atoms with Crippen LogP contribution < -0.4 is 0 Å². The first-order chi connectivity index (χ1) is 18.2. The third-order valence-corrected chi connectivity index (χ3v) is 13.7. The molecule has 5 aliphatic carbocycles. The van der Waals surface area contributed by atoms with E-state index in [1.165, 1.54) is 11.1 Å². The molecule has 4 saturated carbocycles. The Hall–Kier alpha value is -1.97. The minimum absolute atomic E-state index is 0.00791. The average molecular weight is 532 g/mol. The van der Waals surface area contributed by atoms with Crippen LogP contribution in [0.25, 0.3) is 5.57 Å². The lowest BCUT2D eigenvalue weighted by Crippen LogP contribution is -2.64. The topological polar surface area (TPSA) is 67.3 Å². The average Bonchev–Trinajstić information content (AvgIpc) is 2.86. The van der Waals surface area contributed by atoms with Gasteiger partial charge in [-0.25, -0.2) is 0 Å². The number of carboxylic acid groups (broad SMARTS) is 1. The lowest BCUT2D eigenvalue weighted by atomic mass is 9.33. The van der Waals surface area contributed by atoms with Crippen LogP contribution in [0.2, 0.25) is 0 Å². The molecule has 0 aliphatic heterocycles. The number of rotatable bonds is 2. The van der Waals surface area contributed by atoms with Gasteiger partial charge in [-0.2, -0.15) is 0 Å². The quantitative estimate of drug-likeness (QED) is 0.417. The third-order valence-electron chi connectivity index (χ3n) is 13.7. The first kappa shape index (κ1) is 27.2. The van der Waals surface area contributed by atoms with Crippen LogP contribution in [0.4, 0.5) is 0 Å². The molecule has 8 atom stereocenters. The third kappa shape index (κ3) is 3.64. The van der Waals surface area contributed by atoms with E-state index in [1.807, 2.05) is 12.4 Å². The number of carbonyl (C=O) groups excluding carboxylic acids is 1. The number of nitrogens with zero attached hydrogens (tertiary/aromatic N) is 1. The first-order valence-corrected chi connectivity index (χ1v) is 15.6. The van der Waals surface area contributed by atoms with Crippen LogP contribution in [0.3, 0.4) is 0 Å². The molecule has 4 fully saturated rings. The second-order valence-electron chi connectivity index (χ2n) is 16.2. The van der Waals surface area contributed by atoms with Crippen molar-refractivity contribution in [2.45, 2.75) is 106 Å². The van der Waals surface area contributed by atoms with Crippen molar-refractivity contribution in [3.63, 3.8) is 0 Å². The summed E-state index contributed by atoms with van der Waals surface area (Å²) in [4.78, 5) is 30.1. The summed E-state index contributed by atoms with van der Waals surface area (Å²) in [6.07, 6.45) is 12.8. The summed E-state index contributed by atoms with van der Waals surface area (Å²) in [7, 11) is 0. The number of carboxylic acids is 1. The van der Waals surface area contributed by atoms with Crippen molar-refractivity contribution in [1.29, 1.82) is 0 Å². The zero-order valence-corrected chi connectivity index (χ0v) is 25.3. The number of hydrogen-bond donors (Lipinski definition) is 1. The Kier molecular flexibility index (Phi) is 5.95. The number of aromatic nitrogens is 1. The SMILES string of the molecule is CC1(C)CC2C3=C(c4ccncc4)CC4C5(C)CCC(=O)C(C)(C)C5CCC4(C)C3(C)CCC2[C@H](C(=O)O)C1. The number of carbonyl (C=O) groups is 2. The van der Waals surface area contributed by atoms with Gasteiger partial charge in [-0.1, -0.05) is 54.0 Å². The van der Waals surface area contributed by atoms with Gasteiger partial charge in [0, 0.05) is 24.2 Å². The van der Waals surface area contributed by atoms with Gasteiger partial charge in [0.1, 0.15) is 5.78 Å². The summed E-state index contributed by atoms with van der Waals surface area (Å²) in [6.45, 7) is 16.7. The van der Waals surface area contributed by atoms with E-state index in [9.17, 15) is 14.7 Å². The summed E-state index contributed by atoms with van der Waals surface area (Å²) in [5.74, 6) is 1.02. The predicted octanol–water partition coefficient (Wildman–Crippen LogP) is 8.22. The molecule has 4 heteroatoms. The van der Waals surface area contributed by atoms with E-state index in [1.54, 1.807) is 5.57 Å². The number of aliphatic carboxylic acids is 1. The van der Waals surface area contributed by atoms with Crippen molar-refractivity contribution >= 4 is 17.3 Å². The molecular formula is C35H49NO3. The monoisotopic (exact) mass is 531 g/mol. The summed E-state index contributed by atoms with van der Waals surface area (Å²) in [5.41, 5.74) is 4.36. The molecule has 4 nitrogen and oxygen atoms in total. The Morgan fingerprint density at radius 1 is 0.923 bits per heavy atom. The highest BCUT2D eigenvalue weighted by Gasteiger charge is 2.68. The summed E-state index contributed by atoms with van der Waals surface area (Å²) >= 11 is 0. The molecule has 1 aromatic rings. The van der Waals surface area contributed by atoms with E-state index < -0.39 is 5.97 Å². The maximum absolute atomic E-state index is 13.2. The van der Waals surface area contributed by atoms with E-state index >= 15 is 0 Å². The van der Waals surface area contributed by atoms with Crippen molar-refractivity contribution in [1.82, 2.24) is 4.98 Å². The van der Waals surface area contributed by atoms with Gasteiger partial charge < -0.3 is 5.11 Å². The van der Waals surface area contributed by atoms with E-state index in [-0.39, 0.29) is 38.9 Å². The van der Waals surface area contributed by atoms with E-state index in [0.717, 1.165) is 51.4 Å². The molecule has 0 spiro atoms. The molecule has 7 unspecified atom stereocenters. The Bertz CT molecular complexity index is 1230. The maximum atomic E-state index is 13.2. The minimum Gasteiger partial charge on any atom is -0.481 e. The van der Waals surface area contributed by atoms with Crippen molar-refractivity contribution in [3.05, 3.63) is 35.7 Å². The fourth-order valence-corrected chi connectivity index (χ4v) is 11.6. The van der Waals surface area contributed by atoms with Gasteiger partial charge in [0.25, 0.3) is 0 Å². The van der Waals surface area contributed by atoms with Crippen LogP contribution in [0.15, 0.2) is 30.1 Å². The smallest absolute Gasteiger partial charge is 0.306 e. The molecule has 1 heterocycles. The van der Waals surface area contributed by atoms with Crippen LogP contribution in [0.1, 0.15) is 112 Å². The molecule has 0 aromatic carbocycles. The van der Waals surface area contributed by atoms with Crippen molar-refractivity contribution in [2.75, 3.05) is 0 Å². The second kappa shape index (κ2) is 8.52. The summed E-state index contributed by atoms with van der Waals surface area (Å²) < 4.78 is 0. The standard InChI is InChI=1S/C35H49NO3/c1-31(2)19-24-22(25(20-31)30(38)39)8-14-35(7)29(24)23(21-11-16-36-17-12-21)18-27-33(5)13-10-28(37)32(3,4)26(33)9-15-34(27,35)6/h11-12,16-17,22,24-27H,8-10,13-15,18-20H2,1-7H3,(H,38,39)/t22?,24?,25-,26?,27?,33?,34?,35?/m1/s1. The highest BCUT2D eigenvalue weighted by molar-refractivity contribution is 5.85. The van der Waals surface area contributed by atoms with Gasteiger partial charge in [-0.3, -0.25) is 14.6 Å². The fourth-order valence-electron chi connectivity index (χ4n) is 11.6. The number of allylic oxidation sites excluding steroid dienone is 2. The Balaban J connectivity index is 1.57. The van der Waals surface area contributed by atoms with Gasteiger partial charge in [-0.15, -0.1) is 0 Å². The number of Topliss-reactive ketones (excluding diaryl/α,β-unsaturated/α-hetero) is 1. The first-order valence-electron chi connectivity index (χ1n) is 15.6. The minimum atomic E-state index is -0.602. The van der Waals surface area contributed by atoms with Gasteiger partial charge in [0.15, 0.2) is 0 Å². The molecule has 0 amide bonds. The lowest BCUT2D eigenvalue weighted by Gasteiger charge is -2.70.